The molecular formula is C54H104O6. The van der Waals surface area contributed by atoms with E-state index in [1.54, 1.807) is 0 Å². The molecule has 356 valence electrons. The fourth-order valence-electron chi connectivity index (χ4n) is 8.17. The number of rotatable bonds is 48. The van der Waals surface area contributed by atoms with Crippen LogP contribution in [0.5, 0.6) is 0 Å². The molecule has 0 bridgehead atoms. The van der Waals surface area contributed by atoms with Gasteiger partial charge in [0.25, 0.3) is 0 Å². The predicted molar refractivity (Wildman–Crippen MR) is 256 cm³/mol. The molecule has 0 aromatic carbocycles. The molecule has 0 unspecified atom stereocenters. The van der Waals surface area contributed by atoms with Crippen molar-refractivity contribution in [3.8, 4) is 0 Å². The van der Waals surface area contributed by atoms with Crippen molar-refractivity contribution < 1.29 is 28.6 Å². The van der Waals surface area contributed by atoms with Gasteiger partial charge in [0.05, 0.1) is 0 Å². The Kier molecular flexibility index (Phi) is 45.7. The van der Waals surface area contributed by atoms with Gasteiger partial charge in [-0.2, -0.15) is 0 Å². The van der Waals surface area contributed by atoms with E-state index in [2.05, 4.69) is 34.6 Å². The predicted octanol–water partition coefficient (Wildman–Crippen LogP) is 17.3. The highest BCUT2D eigenvalue weighted by Gasteiger charge is 2.19. The summed E-state index contributed by atoms with van der Waals surface area (Å²) in [6, 6.07) is 0. The van der Waals surface area contributed by atoms with Crippen molar-refractivity contribution >= 4 is 17.9 Å². The molecule has 0 aliphatic heterocycles. The van der Waals surface area contributed by atoms with Gasteiger partial charge in [0, 0.05) is 19.3 Å². The summed E-state index contributed by atoms with van der Waals surface area (Å²) in [5.41, 5.74) is 0. The highest BCUT2D eigenvalue weighted by Crippen LogP contribution is 2.17. The zero-order valence-corrected chi connectivity index (χ0v) is 41.1. The maximum Gasteiger partial charge on any atom is 0.306 e. The zero-order chi connectivity index (χ0) is 44.0. The number of hydrogen-bond donors (Lipinski definition) is 0. The van der Waals surface area contributed by atoms with Crippen molar-refractivity contribution in [1.82, 2.24) is 0 Å². The normalized spacial score (nSPS) is 12.1. The summed E-state index contributed by atoms with van der Waals surface area (Å²) in [6.07, 6.45) is 48.1. The Morgan fingerprint density at radius 3 is 0.817 bits per heavy atom. The van der Waals surface area contributed by atoms with E-state index in [0.29, 0.717) is 19.3 Å². The molecule has 1 atom stereocenters. The second-order valence-electron chi connectivity index (χ2n) is 19.5. The first-order valence-corrected chi connectivity index (χ1v) is 26.7. The van der Waals surface area contributed by atoms with Crippen LogP contribution in [0, 0.1) is 11.8 Å². The molecule has 0 aliphatic carbocycles. The van der Waals surface area contributed by atoms with E-state index in [0.717, 1.165) is 69.6 Å². The maximum atomic E-state index is 12.8. The summed E-state index contributed by atoms with van der Waals surface area (Å²) in [6.45, 7) is 11.3. The van der Waals surface area contributed by atoms with Crippen LogP contribution in [0.4, 0.5) is 0 Å². The fraction of sp³-hybridized carbons (Fsp3) is 0.944. The highest BCUT2D eigenvalue weighted by atomic mass is 16.6. The van der Waals surface area contributed by atoms with Gasteiger partial charge in [-0.25, -0.2) is 0 Å². The molecule has 6 heteroatoms. The third kappa shape index (κ3) is 47.5. The van der Waals surface area contributed by atoms with Crippen LogP contribution in [-0.2, 0) is 28.6 Å². The van der Waals surface area contributed by atoms with Crippen LogP contribution < -0.4 is 0 Å². The Hall–Kier alpha value is -1.59. The Balaban J connectivity index is 4.29. The minimum absolute atomic E-state index is 0.0639. The molecule has 0 amide bonds. The average Bonchev–Trinajstić information content (AvgIpc) is 3.22. The zero-order valence-electron chi connectivity index (χ0n) is 41.1. The molecule has 0 fully saturated rings. The smallest absolute Gasteiger partial charge is 0.306 e. The van der Waals surface area contributed by atoms with Crippen LogP contribution in [0.2, 0.25) is 0 Å². The lowest BCUT2D eigenvalue weighted by molar-refractivity contribution is -0.167. The Morgan fingerprint density at radius 2 is 0.550 bits per heavy atom. The van der Waals surface area contributed by atoms with Gasteiger partial charge in [-0.05, 0) is 31.1 Å². The van der Waals surface area contributed by atoms with Crippen molar-refractivity contribution in [3.63, 3.8) is 0 Å². The average molecular weight is 849 g/mol. The van der Waals surface area contributed by atoms with E-state index in [1.165, 1.54) is 186 Å². The molecule has 0 aromatic heterocycles. The molecule has 0 saturated heterocycles. The maximum absolute atomic E-state index is 12.8. The van der Waals surface area contributed by atoms with Crippen molar-refractivity contribution in [2.45, 2.75) is 304 Å². The largest absolute Gasteiger partial charge is 0.462 e. The number of unbranched alkanes of at least 4 members (excludes halogenated alkanes) is 33. The minimum Gasteiger partial charge on any atom is -0.462 e. The van der Waals surface area contributed by atoms with Crippen molar-refractivity contribution in [2.24, 2.45) is 11.8 Å². The molecule has 0 spiro atoms. The van der Waals surface area contributed by atoms with Gasteiger partial charge in [0.1, 0.15) is 13.2 Å². The van der Waals surface area contributed by atoms with Crippen molar-refractivity contribution in [2.75, 3.05) is 13.2 Å². The molecule has 0 radical (unpaired) electrons. The number of carbonyl (C=O) groups is 3. The molecule has 0 heterocycles. The summed E-state index contributed by atoms with van der Waals surface area (Å²) in [4.78, 5) is 38.0. The first kappa shape index (κ1) is 58.4. The monoisotopic (exact) mass is 849 g/mol. The molecule has 0 N–H and O–H groups in total. The second-order valence-corrected chi connectivity index (χ2v) is 19.5. The Labute approximate surface area is 374 Å². The fourth-order valence-corrected chi connectivity index (χ4v) is 8.17. The third-order valence-corrected chi connectivity index (χ3v) is 12.2. The number of carbonyl (C=O) groups excluding carboxylic acids is 3. The number of esters is 3. The lowest BCUT2D eigenvalue weighted by Crippen LogP contribution is -2.30. The van der Waals surface area contributed by atoms with E-state index in [1.807, 2.05) is 0 Å². The Morgan fingerprint density at radius 1 is 0.317 bits per heavy atom. The number of hydrogen-bond acceptors (Lipinski definition) is 6. The molecule has 0 aliphatic rings. The lowest BCUT2D eigenvalue weighted by Gasteiger charge is -2.18. The summed E-state index contributed by atoms with van der Waals surface area (Å²) < 4.78 is 16.8. The van der Waals surface area contributed by atoms with Crippen LogP contribution in [0.15, 0.2) is 0 Å². The van der Waals surface area contributed by atoms with E-state index < -0.39 is 6.10 Å². The van der Waals surface area contributed by atoms with Crippen molar-refractivity contribution in [3.05, 3.63) is 0 Å². The van der Waals surface area contributed by atoms with Crippen LogP contribution in [-0.4, -0.2) is 37.2 Å². The van der Waals surface area contributed by atoms with Gasteiger partial charge < -0.3 is 14.2 Å². The SMILES string of the molecule is CCCCCCCCCCCCCCCCCCCC(=O)O[C@H](COC(=O)CCCCCCCCCCCCCC(C)C)COC(=O)CCCCCCCCCCC(C)C. The molecule has 0 rings (SSSR count). The topological polar surface area (TPSA) is 78.9 Å². The van der Waals surface area contributed by atoms with E-state index in [-0.39, 0.29) is 31.1 Å². The molecule has 0 aromatic rings. The van der Waals surface area contributed by atoms with Crippen LogP contribution in [0.3, 0.4) is 0 Å². The summed E-state index contributed by atoms with van der Waals surface area (Å²) in [5, 5.41) is 0. The van der Waals surface area contributed by atoms with Gasteiger partial charge in [-0.3, -0.25) is 14.4 Å². The van der Waals surface area contributed by atoms with Gasteiger partial charge in [-0.15, -0.1) is 0 Å². The van der Waals surface area contributed by atoms with Gasteiger partial charge in [0.15, 0.2) is 6.10 Å². The Bertz CT molecular complexity index is 916. The van der Waals surface area contributed by atoms with Gasteiger partial charge in [-0.1, -0.05) is 259 Å². The summed E-state index contributed by atoms with van der Waals surface area (Å²) >= 11 is 0. The van der Waals surface area contributed by atoms with Crippen LogP contribution >= 0.6 is 0 Å². The summed E-state index contributed by atoms with van der Waals surface area (Å²) in [5.74, 6) is 0.775. The minimum atomic E-state index is -0.762. The first-order chi connectivity index (χ1) is 29.2. The van der Waals surface area contributed by atoms with Crippen LogP contribution in [0.25, 0.3) is 0 Å². The van der Waals surface area contributed by atoms with Crippen molar-refractivity contribution in [1.29, 1.82) is 0 Å². The third-order valence-electron chi connectivity index (χ3n) is 12.2. The first-order valence-electron chi connectivity index (χ1n) is 26.7. The molecule has 6 nitrogen and oxygen atoms in total. The van der Waals surface area contributed by atoms with E-state index in [4.69, 9.17) is 14.2 Å². The molecule has 0 saturated carbocycles. The second kappa shape index (κ2) is 46.9. The summed E-state index contributed by atoms with van der Waals surface area (Å²) in [7, 11) is 0. The molecular weight excluding hydrogens is 745 g/mol. The standard InChI is InChI=1S/C54H104O6/c1-6-7-8-9-10-11-12-13-14-15-16-17-20-24-31-36-41-46-54(57)60-51(48-59-53(56)45-40-35-30-26-25-28-33-38-43-50(4)5)47-58-52(55)44-39-34-29-23-21-18-19-22-27-32-37-42-49(2)3/h49-51H,6-48H2,1-5H3/t51-/m1/s1. The van der Waals surface area contributed by atoms with Gasteiger partial charge in [0.2, 0.25) is 0 Å². The van der Waals surface area contributed by atoms with Gasteiger partial charge >= 0.3 is 17.9 Å². The quantitative estimate of drug-likeness (QED) is 0.0345. The highest BCUT2D eigenvalue weighted by molar-refractivity contribution is 5.71. The van der Waals surface area contributed by atoms with E-state index >= 15 is 0 Å². The molecule has 60 heavy (non-hydrogen) atoms. The number of ether oxygens (including phenoxy) is 3. The lowest BCUT2D eigenvalue weighted by atomic mass is 10.0. The van der Waals surface area contributed by atoms with E-state index in [9.17, 15) is 14.4 Å². The van der Waals surface area contributed by atoms with Crippen LogP contribution in [0.1, 0.15) is 298 Å².